The topological polar surface area (TPSA) is 46.3 Å². The SMILES string of the molecule is OCCc1csc(-c2ccco2)n1. The monoisotopic (exact) mass is 195 g/mol. The largest absolute Gasteiger partial charge is 0.462 e. The van der Waals surface area contributed by atoms with Crippen molar-refractivity contribution in [1.82, 2.24) is 4.98 Å². The van der Waals surface area contributed by atoms with Crippen LogP contribution in [0.2, 0.25) is 0 Å². The maximum absolute atomic E-state index is 8.70. The molecule has 0 aromatic carbocycles. The van der Waals surface area contributed by atoms with Crippen molar-refractivity contribution in [3.05, 3.63) is 29.5 Å². The molecule has 0 saturated carbocycles. The van der Waals surface area contributed by atoms with Crippen molar-refractivity contribution in [3.8, 4) is 10.8 Å². The van der Waals surface area contributed by atoms with Gasteiger partial charge in [-0.05, 0) is 12.1 Å². The van der Waals surface area contributed by atoms with Gasteiger partial charge in [0.25, 0.3) is 0 Å². The van der Waals surface area contributed by atoms with Crippen LogP contribution in [0.3, 0.4) is 0 Å². The summed E-state index contributed by atoms with van der Waals surface area (Å²) in [5.41, 5.74) is 0.916. The number of aliphatic hydroxyl groups is 1. The summed E-state index contributed by atoms with van der Waals surface area (Å²) in [6.45, 7) is 0.140. The minimum Gasteiger partial charge on any atom is -0.462 e. The third-order valence-corrected chi connectivity index (χ3v) is 2.56. The van der Waals surface area contributed by atoms with Gasteiger partial charge in [0, 0.05) is 18.4 Å². The number of thiazole rings is 1. The Morgan fingerprint density at radius 3 is 3.15 bits per heavy atom. The number of rotatable bonds is 3. The number of hydrogen-bond acceptors (Lipinski definition) is 4. The van der Waals surface area contributed by atoms with E-state index in [1.54, 1.807) is 6.26 Å². The second-order valence-corrected chi connectivity index (χ2v) is 3.45. The minimum atomic E-state index is 0.140. The van der Waals surface area contributed by atoms with E-state index in [1.807, 2.05) is 17.5 Å². The summed E-state index contributed by atoms with van der Waals surface area (Å²) in [5.74, 6) is 0.786. The molecule has 68 valence electrons. The summed E-state index contributed by atoms with van der Waals surface area (Å²) < 4.78 is 5.20. The second-order valence-electron chi connectivity index (χ2n) is 2.59. The highest BCUT2D eigenvalue weighted by molar-refractivity contribution is 7.13. The zero-order valence-corrected chi connectivity index (χ0v) is 7.75. The molecule has 0 amide bonds. The van der Waals surface area contributed by atoms with E-state index < -0.39 is 0 Å². The molecule has 2 aromatic rings. The molecule has 0 saturated heterocycles. The Balaban J connectivity index is 2.23. The quantitative estimate of drug-likeness (QED) is 0.814. The van der Waals surface area contributed by atoms with E-state index in [9.17, 15) is 0 Å². The number of furan rings is 1. The number of hydrogen-bond donors (Lipinski definition) is 1. The lowest BCUT2D eigenvalue weighted by molar-refractivity contribution is 0.298. The molecule has 2 heterocycles. The molecule has 1 N–H and O–H groups in total. The highest BCUT2D eigenvalue weighted by Gasteiger charge is 2.05. The highest BCUT2D eigenvalue weighted by Crippen LogP contribution is 2.23. The summed E-state index contributed by atoms with van der Waals surface area (Å²) in [5, 5.41) is 11.5. The van der Waals surface area contributed by atoms with Crippen LogP contribution in [0, 0.1) is 0 Å². The first-order valence-corrected chi connectivity index (χ1v) is 4.87. The van der Waals surface area contributed by atoms with E-state index in [0.29, 0.717) is 6.42 Å². The predicted octanol–water partition coefficient (Wildman–Crippen LogP) is 1.94. The molecule has 0 aliphatic heterocycles. The lowest BCUT2D eigenvalue weighted by Gasteiger charge is -1.88. The van der Waals surface area contributed by atoms with Crippen molar-refractivity contribution >= 4 is 11.3 Å². The van der Waals surface area contributed by atoms with Gasteiger partial charge < -0.3 is 9.52 Å². The van der Waals surface area contributed by atoms with Gasteiger partial charge in [0.2, 0.25) is 0 Å². The van der Waals surface area contributed by atoms with Gasteiger partial charge in [0.1, 0.15) is 0 Å². The van der Waals surface area contributed by atoms with Crippen LogP contribution in [0.1, 0.15) is 5.69 Å². The van der Waals surface area contributed by atoms with Gasteiger partial charge in [-0.15, -0.1) is 11.3 Å². The van der Waals surface area contributed by atoms with Crippen LogP contribution in [0.25, 0.3) is 10.8 Å². The first-order chi connectivity index (χ1) is 6.40. The van der Waals surface area contributed by atoms with E-state index in [2.05, 4.69) is 4.98 Å². The van der Waals surface area contributed by atoms with Crippen LogP contribution < -0.4 is 0 Å². The second kappa shape index (κ2) is 3.72. The molecule has 13 heavy (non-hydrogen) atoms. The molecule has 3 nitrogen and oxygen atoms in total. The van der Waals surface area contributed by atoms with Crippen LogP contribution in [0.15, 0.2) is 28.2 Å². The first kappa shape index (κ1) is 8.47. The van der Waals surface area contributed by atoms with E-state index >= 15 is 0 Å². The molecule has 0 atom stereocenters. The van der Waals surface area contributed by atoms with Crippen molar-refractivity contribution in [1.29, 1.82) is 0 Å². The zero-order valence-electron chi connectivity index (χ0n) is 6.93. The standard InChI is InChI=1S/C9H9NO2S/c11-4-3-7-6-13-9(10-7)8-2-1-5-12-8/h1-2,5-6,11H,3-4H2. The third-order valence-electron chi connectivity index (χ3n) is 1.65. The average molecular weight is 195 g/mol. The summed E-state index contributed by atoms with van der Waals surface area (Å²) in [6.07, 6.45) is 2.24. The van der Waals surface area contributed by atoms with Gasteiger partial charge in [-0.3, -0.25) is 0 Å². The van der Waals surface area contributed by atoms with Crippen LogP contribution in [0.4, 0.5) is 0 Å². The van der Waals surface area contributed by atoms with Gasteiger partial charge in [0.15, 0.2) is 10.8 Å². The van der Waals surface area contributed by atoms with Crippen molar-refractivity contribution < 1.29 is 9.52 Å². The molecule has 2 aromatic heterocycles. The molecule has 4 heteroatoms. The van der Waals surface area contributed by atoms with Crippen LogP contribution in [-0.4, -0.2) is 16.7 Å². The summed E-state index contributed by atoms with van der Waals surface area (Å²) in [7, 11) is 0. The first-order valence-electron chi connectivity index (χ1n) is 3.99. The summed E-state index contributed by atoms with van der Waals surface area (Å²) in [6, 6.07) is 3.71. The van der Waals surface area contributed by atoms with Gasteiger partial charge >= 0.3 is 0 Å². The Labute approximate surface area is 79.7 Å². The Kier molecular flexibility index (Phi) is 2.42. The third kappa shape index (κ3) is 1.79. The molecule has 0 fully saturated rings. The van der Waals surface area contributed by atoms with E-state index in [0.717, 1.165) is 16.5 Å². The fourth-order valence-electron chi connectivity index (χ4n) is 1.05. The van der Waals surface area contributed by atoms with Gasteiger partial charge in [0.05, 0.1) is 12.0 Å². The molecule has 0 spiro atoms. The van der Waals surface area contributed by atoms with E-state index in [-0.39, 0.29) is 6.61 Å². The van der Waals surface area contributed by atoms with Gasteiger partial charge in [-0.2, -0.15) is 0 Å². The maximum atomic E-state index is 8.70. The van der Waals surface area contributed by atoms with Crippen LogP contribution in [0.5, 0.6) is 0 Å². The minimum absolute atomic E-state index is 0.140. The van der Waals surface area contributed by atoms with Crippen molar-refractivity contribution in [2.45, 2.75) is 6.42 Å². The van der Waals surface area contributed by atoms with Gasteiger partial charge in [-0.1, -0.05) is 0 Å². The predicted molar refractivity (Wildman–Crippen MR) is 50.6 cm³/mol. The number of aromatic nitrogens is 1. The molecule has 0 radical (unpaired) electrons. The van der Waals surface area contributed by atoms with E-state index in [4.69, 9.17) is 9.52 Å². The van der Waals surface area contributed by atoms with Crippen molar-refractivity contribution in [3.63, 3.8) is 0 Å². The smallest absolute Gasteiger partial charge is 0.162 e. The number of aliphatic hydroxyl groups excluding tert-OH is 1. The number of nitrogens with zero attached hydrogens (tertiary/aromatic N) is 1. The Morgan fingerprint density at radius 2 is 2.46 bits per heavy atom. The van der Waals surface area contributed by atoms with Gasteiger partial charge in [-0.25, -0.2) is 4.98 Å². The average Bonchev–Trinajstić information content (AvgIpc) is 2.70. The summed E-state index contributed by atoms with van der Waals surface area (Å²) >= 11 is 1.53. The zero-order chi connectivity index (χ0) is 9.10. The molecule has 0 unspecified atom stereocenters. The lowest BCUT2D eigenvalue weighted by atomic mass is 10.3. The highest BCUT2D eigenvalue weighted by atomic mass is 32.1. The Morgan fingerprint density at radius 1 is 1.54 bits per heavy atom. The fraction of sp³-hybridized carbons (Fsp3) is 0.222. The Hall–Kier alpha value is -1.13. The van der Waals surface area contributed by atoms with Crippen molar-refractivity contribution in [2.75, 3.05) is 6.61 Å². The maximum Gasteiger partial charge on any atom is 0.162 e. The molecule has 0 aliphatic rings. The summed E-state index contributed by atoms with van der Waals surface area (Å²) in [4.78, 5) is 4.31. The van der Waals surface area contributed by atoms with E-state index in [1.165, 1.54) is 11.3 Å². The van der Waals surface area contributed by atoms with Crippen LogP contribution in [-0.2, 0) is 6.42 Å². The molecule has 0 aliphatic carbocycles. The van der Waals surface area contributed by atoms with Crippen molar-refractivity contribution in [2.24, 2.45) is 0 Å². The van der Waals surface area contributed by atoms with Crippen LogP contribution >= 0.6 is 11.3 Å². The normalized spacial score (nSPS) is 10.5. The lowest BCUT2D eigenvalue weighted by Crippen LogP contribution is -1.89. The molecule has 0 bridgehead atoms. The molecule has 2 rings (SSSR count). The molecular weight excluding hydrogens is 186 g/mol. The molecular formula is C9H9NO2S. The Bertz CT molecular complexity index is 367. The fourth-order valence-corrected chi connectivity index (χ4v) is 1.87.